The van der Waals surface area contributed by atoms with Gasteiger partial charge in [-0.2, -0.15) is 5.10 Å². The fraction of sp³-hybridized carbons (Fsp3) is 0.286. The molecular weight excluding hydrogens is 259 g/mol. The van der Waals surface area contributed by atoms with Crippen LogP contribution in [0.1, 0.15) is 28.9 Å². The summed E-state index contributed by atoms with van der Waals surface area (Å²) in [6.45, 7) is 0.443. The largest absolute Gasteiger partial charge is 0.364 e. The molecule has 5 nitrogen and oxygen atoms in total. The van der Waals surface area contributed by atoms with E-state index in [0.717, 1.165) is 12.8 Å². The second-order valence-electron chi connectivity index (χ2n) is 4.90. The van der Waals surface area contributed by atoms with Crippen LogP contribution in [0.25, 0.3) is 5.69 Å². The average Bonchev–Trinajstić information content (AvgIpc) is 3.11. The molecule has 1 aliphatic carbocycles. The molecule has 0 bridgehead atoms. The van der Waals surface area contributed by atoms with Crippen molar-refractivity contribution < 1.29 is 9.18 Å². The number of hydrogen-bond donors (Lipinski definition) is 2. The van der Waals surface area contributed by atoms with Crippen molar-refractivity contribution in [3.05, 3.63) is 47.5 Å². The van der Waals surface area contributed by atoms with E-state index in [1.165, 1.54) is 16.8 Å². The van der Waals surface area contributed by atoms with Crippen LogP contribution >= 0.6 is 0 Å². The smallest absolute Gasteiger partial charge is 0.269 e. The number of rotatable bonds is 5. The van der Waals surface area contributed by atoms with Crippen molar-refractivity contribution in [3.63, 3.8) is 0 Å². The van der Waals surface area contributed by atoms with Gasteiger partial charge in [0.1, 0.15) is 11.5 Å². The molecule has 20 heavy (non-hydrogen) atoms. The van der Waals surface area contributed by atoms with Crippen LogP contribution in [0.3, 0.4) is 0 Å². The Kier molecular flexibility index (Phi) is 3.23. The minimum absolute atomic E-state index is 0.162. The third-order valence-electron chi connectivity index (χ3n) is 3.33. The number of halogens is 1. The van der Waals surface area contributed by atoms with Crippen LogP contribution in [0.2, 0.25) is 0 Å². The molecule has 0 radical (unpaired) electrons. The first-order valence-electron chi connectivity index (χ1n) is 6.52. The van der Waals surface area contributed by atoms with Gasteiger partial charge in [-0.1, -0.05) is 6.07 Å². The molecule has 1 amide bonds. The monoisotopic (exact) mass is 274 g/mol. The molecule has 1 saturated carbocycles. The number of carbonyl (C=O) groups is 1. The number of aromatic nitrogens is 2. The highest BCUT2D eigenvalue weighted by Crippen LogP contribution is 2.22. The Morgan fingerprint density at radius 1 is 1.45 bits per heavy atom. The highest BCUT2D eigenvalue weighted by atomic mass is 19.1. The van der Waals surface area contributed by atoms with Crippen LogP contribution in [-0.2, 0) is 6.54 Å². The maximum absolute atomic E-state index is 14.0. The summed E-state index contributed by atoms with van der Waals surface area (Å²) in [5.41, 5.74) is 6.50. The number of hydrogen-bond acceptors (Lipinski definition) is 3. The van der Waals surface area contributed by atoms with Crippen LogP contribution in [0.4, 0.5) is 4.39 Å². The number of carbonyl (C=O) groups excluding carboxylic acids is 1. The molecule has 1 aromatic heterocycles. The molecule has 0 saturated heterocycles. The predicted molar refractivity (Wildman–Crippen MR) is 71.9 cm³/mol. The molecule has 1 aromatic carbocycles. The zero-order chi connectivity index (χ0) is 14.1. The van der Waals surface area contributed by atoms with Crippen molar-refractivity contribution in [3.8, 4) is 5.69 Å². The minimum atomic E-state index is -0.599. The number of benzene rings is 1. The van der Waals surface area contributed by atoms with Crippen molar-refractivity contribution in [2.45, 2.75) is 25.4 Å². The molecule has 0 aliphatic heterocycles. The van der Waals surface area contributed by atoms with Gasteiger partial charge < -0.3 is 11.1 Å². The summed E-state index contributed by atoms with van der Waals surface area (Å²) in [7, 11) is 0. The molecule has 104 valence electrons. The van der Waals surface area contributed by atoms with Crippen LogP contribution in [0, 0.1) is 5.82 Å². The first-order valence-corrected chi connectivity index (χ1v) is 6.52. The molecule has 0 atom stereocenters. The lowest BCUT2D eigenvalue weighted by molar-refractivity contribution is 0.0995. The third-order valence-corrected chi connectivity index (χ3v) is 3.33. The van der Waals surface area contributed by atoms with Crippen molar-refractivity contribution in [2.75, 3.05) is 0 Å². The molecular formula is C14H15FN4O. The highest BCUT2D eigenvalue weighted by molar-refractivity contribution is 5.90. The first kappa shape index (κ1) is 12.8. The molecule has 3 rings (SSSR count). The summed E-state index contributed by atoms with van der Waals surface area (Å²) in [6.07, 6.45) is 3.88. The van der Waals surface area contributed by atoms with Gasteiger partial charge >= 0.3 is 0 Å². The fourth-order valence-corrected chi connectivity index (χ4v) is 2.06. The Morgan fingerprint density at radius 3 is 2.90 bits per heavy atom. The van der Waals surface area contributed by atoms with Crippen molar-refractivity contribution in [1.82, 2.24) is 15.1 Å². The van der Waals surface area contributed by atoms with Crippen molar-refractivity contribution >= 4 is 5.91 Å². The van der Waals surface area contributed by atoms with Gasteiger partial charge in [-0.3, -0.25) is 4.79 Å². The third kappa shape index (κ3) is 2.55. The molecule has 1 aliphatic rings. The van der Waals surface area contributed by atoms with E-state index in [0.29, 0.717) is 23.8 Å². The minimum Gasteiger partial charge on any atom is -0.364 e. The molecule has 0 spiro atoms. The summed E-state index contributed by atoms with van der Waals surface area (Å²) in [5.74, 6) is -0.885. The zero-order valence-electron chi connectivity index (χ0n) is 10.8. The first-order chi connectivity index (χ1) is 9.65. The van der Waals surface area contributed by atoms with Gasteiger partial charge in [0.2, 0.25) is 0 Å². The topological polar surface area (TPSA) is 72.9 Å². The van der Waals surface area contributed by atoms with Gasteiger partial charge in [0.25, 0.3) is 5.91 Å². The molecule has 3 N–H and O–H groups in total. The van der Waals surface area contributed by atoms with Crippen LogP contribution < -0.4 is 11.1 Å². The van der Waals surface area contributed by atoms with E-state index in [1.807, 2.05) is 0 Å². The van der Waals surface area contributed by atoms with E-state index < -0.39 is 5.91 Å². The Labute approximate surface area is 115 Å². The lowest BCUT2D eigenvalue weighted by Gasteiger charge is -2.11. The van der Waals surface area contributed by atoms with Crippen molar-refractivity contribution in [2.24, 2.45) is 5.73 Å². The van der Waals surface area contributed by atoms with E-state index in [9.17, 15) is 9.18 Å². The lowest BCUT2D eigenvalue weighted by Crippen LogP contribution is -2.18. The van der Waals surface area contributed by atoms with Crippen LogP contribution in [0.5, 0.6) is 0 Å². The van der Waals surface area contributed by atoms with Gasteiger partial charge in [0, 0.05) is 24.3 Å². The van der Waals surface area contributed by atoms with Gasteiger partial charge in [0.15, 0.2) is 0 Å². The Balaban J connectivity index is 1.93. The Bertz CT molecular complexity index is 648. The van der Waals surface area contributed by atoms with Gasteiger partial charge in [-0.05, 0) is 31.0 Å². The highest BCUT2D eigenvalue weighted by Gasteiger charge is 2.21. The molecule has 1 heterocycles. The quantitative estimate of drug-likeness (QED) is 0.864. The SMILES string of the molecule is NC(=O)c1ccn(-c2cccc(F)c2CNC2CC2)n1. The van der Waals surface area contributed by atoms with E-state index in [-0.39, 0.29) is 11.5 Å². The summed E-state index contributed by atoms with van der Waals surface area (Å²) in [6, 6.07) is 6.82. The summed E-state index contributed by atoms with van der Waals surface area (Å²) in [4.78, 5) is 11.1. The normalized spacial score (nSPS) is 14.4. The second kappa shape index (κ2) is 5.05. The van der Waals surface area contributed by atoms with Gasteiger partial charge in [-0.15, -0.1) is 0 Å². The maximum Gasteiger partial charge on any atom is 0.269 e. The van der Waals surface area contributed by atoms with Crippen molar-refractivity contribution in [1.29, 1.82) is 0 Å². The number of nitrogens with two attached hydrogens (primary N) is 1. The average molecular weight is 274 g/mol. The fourth-order valence-electron chi connectivity index (χ4n) is 2.06. The van der Waals surface area contributed by atoms with E-state index in [2.05, 4.69) is 10.4 Å². The second-order valence-corrected chi connectivity index (χ2v) is 4.90. The van der Waals surface area contributed by atoms with Crippen LogP contribution in [-0.4, -0.2) is 21.7 Å². The van der Waals surface area contributed by atoms with Gasteiger partial charge in [-0.25, -0.2) is 9.07 Å². The number of amides is 1. The van der Waals surface area contributed by atoms with Crippen LogP contribution in [0.15, 0.2) is 30.5 Å². The lowest BCUT2D eigenvalue weighted by atomic mass is 10.1. The van der Waals surface area contributed by atoms with Gasteiger partial charge in [0.05, 0.1) is 5.69 Å². The molecule has 2 aromatic rings. The predicted octanol–water partition coefficient (Wildman–Crippen LogP) is 1.36. The number of primary amides is 1. The number of nitrogens with zero attached hydrogens (tertiary/aromatic N) is 2. The summed E-state index contributed by atoms with van der Waals surface area (Å²) >= 11 is 0. The van der Waals surface area contributed by atoms with E-state index >= 15 is 0 Å². The standard InChI is InChI=1S/C14H15FN4O/c15-11-2-1-3-13(10(11)8-17-9-4-5-9)19-7-6-12(18-19)14(16)20/h1-3,6-7,9,17H,4-5,8H2,(H2,16,20). The summed E-state index contributed by atoms with van der Waals surface area (Å²) in [5, 5.41) is 7.35. The van der Waals surface area contributed by atoms with E-state index in [4.69, 9.17) is 5.73 Å². The Hall–Kier alpha value is -2.21. The molecule has 6 heteroatoms. The summed E-state index contributed by atoms with van der Waals surface area (Å²) < 4.78 is 15.5. The molecule has 1 fully saturated rings. The molecule has 0 unspecified atom stereocenters. The zero-order valence-corrected chi connectivity index (χ0v) is 10.8. The Morgan fingerprint density at radius 2 is 2.25 bits per heavy atom. The van der Waals surface area contributed by atoms with E-state index in [1.54, 1.807) is 18.3 Å². The maximum atomic E-state index is 14.0. The number of nitrogens with one attached hydrogen (secondary N) is 1.